The number of hydrogen-bond acceptors (Lipinski definition) is 4. The molecule has 1 unspecified atom stereocenters. The van der Waals surface area contributed by atoms with Crippen LogP contribution in [-0.4, -0.2) is 27.3 Å². The summed E-state index contributed by atoms with van der Waals surface area (Å²) in [6.07, 6.45) is 6.41. The molecule has 0 bridgehead atoms. The van der Waals surface area contributed by atoms with E-state index in [9.17, 15) is 8.42 Å². The topological polar surface area (TPSA) is 60.2 Å². The van der Waals surface area contributed by atoms with E-state index in [0.29, 0.717) is 13.1 Å². The highest BCUT2D eigenvalue weighted by atomic mass is 32.2. The summed E-state index contributed by atoms with van der Waals surface area (Å²) in [6.45, 7) is 2.41. The molecule has 0 spiro atoms. The largest absolute Gasteiger partial charge is 0.326 e. The monoisotopic (exact) mass is 375 g/mol. The van der Waals surface area contributed by atoms with E-state index < -0.39 is 10.0 Å². The van der Waals surface area contributed by atoms with E-state index in [1.807, 2.05) is 36.4 Å². The third-order valence-corrected chi connectivity index (χ3v) is 7.44. The Morgan fingerprint density at radius 3 is 2.76 bits per heavy atom. The minimum absolute atomic E-state index is 0.0734. The maximum absolute atomic E-state index is 13.0. The molecule has 2 aromatic rings. The average Bonchev–Trinajstić information content (AvgIpc) is 3.14. The number of hydrogen-bond donors (Lipinski definition) is 1. The van der Waals surface area contributed by atoms with Crippen molar-refractivity contribution in [3.8, 4) is 0 Å². The first-order valence-electron chi connectivity index (χ1n) is 8.30. The molecule has 1 aromatic heterocycles. The van der Waals surface area contributed by atoms with Crippen molar-refractivity contribution in [2.24, 2.45) is 5.73 Å². The average molecular weight is 376 g/mol. The Labute approximate surface area is 153 Å². The van der Waals surface area contributed by atoms with Gasteiger partial charge >= 0.3 is 10.0 Å². The lowest BCUT2D eigenvalue weighted by atomic mass is 10.1. The molecule has 0 saturated carbocycles. The van der Waals surface area contributed by atoms with Crippen LogP contribution >= 0.6 is 11.3 Å². The molecule has 1 atom stereocenters. The van der Waals surface area contributed by atoms with Crippen LogP contribution in [0, 0.1) is 0 Å². The summed E-state index contributed by atoms with van der Waals surface area (Å²) in [5, 5.41) is 4.18. The van der Waals surface area contributed by atoms with Gasteiger partial charge in [-0.25, -0.2) is 0 Å². The van der Waals surface area contributed by atoms with Crippen molar-refractivity contribution < 1.29 is 8.42 Å². The molecule has 2 heterocycles. The van der Waals surface area contributed by atoms with Crippen molar-refractivity contribution in [3.63, 3.8) is 0 Å². The minimum Gasteiger partial charge on any atom is -0.326 e. The number of quaternary nitrogens is 1. The summed E-state index contributed by atoms with van der Waals surface area (Å²) in [5.74, 6) is 0.0734. The molecule has 2 N–H and O–H groups in total. The molecule has 6 heteroatoms. The maximum atomic E-state index is 13.0. The molecule has 1 aliphatic heterocycles. The molecule has 0 radical (unpaired) electrons. The SMILES string of the molecule is CCS(=O)(=O)[N+]1(c2cccc(Cc3ccsc3)c2)C=C(CN)C=CC1. The Morgan fingerprint density at radius 2 is 2.08 bits per heavy atom. The first kappa shape index (κ1) is 18.1. The van der Waals surface area contributed by atoms with E-state index in [2.05, 4.69) is 16.8 Å². The van der Waals surface area contributed by atoms with Crippen molar-refractivity contribution in [1.29, 1.82) is 0 Å². The molecular formula is C19H23N2O2S2+. The van der Waals surface area contributed by atoms with E-state index >= 15 is 0 Å². The number of benzene rings is 1. The van der Waals surface area contributed by atoms with Gasteiger partial charge in [0.05, 0.1) is 5.75 Å². The fourth-order valence-corrected chi connectivity index (χ4v) is 5.31. The molecule has 3 rings (SSSR count). The standard InChI is InChI=1S/C19H23N2O2S2/c1-2-25(22,23)21(9-4-6-18(13-20)14-21)19-7-3-5-16(12-19)11-17-8-10-24-15-17/h3-8,10,12,14-15H,2,9,11,13,20H2,1H3/q+1. The van der Waals surface area contributed by atoms with Crippen molar-refractivity contribution in [2.45, 2.75) is 13.3 Å². The van der Waals surface area contributed by atoms with Crippen molar-refractivity contribution in [2.75, 3.05) is 18.8 Å². The minimum atomic E-state index is -3.40. The highest BCUT2D eigenvalue weighted by Crippen LogP contribution is 2.33. The van der Waals surface area contributed by atoms with Crippen LogP contribution in [0.15, 0.2) is 65.0 Å². The zero-order valence-corrected chi connectivity index (χ0v) is 15.9. The van der Waals surface area contributed by atoms with Gasteiger partial charge in [0.15, 0.2) is 5.69 Å². The molecule has 1 aromatic carbocycles. The lowest BCUT2D eigenvalue weighted by Crippen LogP contribution is -2.51. The molecule has 0 amide bonds. The van der Waals surface area contributed by atoms with Crippen molar-refractivity contribution >= 4 is 27.0 Å². The summed E-state index contributed by atoms with van der Waals surface area (Å²) in [5.41, 5.74) is 9.74. The van der Waals surface area contributed by atoms with Crippen LogP contribution in [-0.2, 0) is 16.4 Å². The van der Waals surface area contributed by atoms with Gasteiger partial charge in [0, 0.05) is 24.3 Å². The molecular weight excluding hydrogens is 352 g/mol. The maximum Gasteiger partial charge on any atom is 0.306 e. The van der Waals surface area contributed by atoms with Gasteiger partial charge in [0.2, 0.25) is 0 Å². The van der Waals surface area contributed by atoms with Crippen LogP contribution < -0.4 is 9.62 Å². The van der Waals surface area contributed by atoms with Crippen LogP contribution in [0.3, 0.4) is 0 Å². The first-order valence-corrected chi connectivity index (χ1v) is 10.9. The number of sulfonamides is 1. The smallest absolute Gasteiger partial charge is 0.306 e. The number of rotatable bonds is 6. The van der Waals surface area contributed by atoms with E-state index in [4.69, 9.17) is 5.73 Å². The molecule has 0 fully saturated rings. The Kier molecular flexibility index (Phi) is 5.24. The summed E-state index contributed by atoms with van der Waals surface area (Å²) < 4.78 is 25.9. The lowest BCUT2D eigenvalue weighted by molar-refractivity contribution is 0.511. The fourth-order valence-electron chi connectivity index (χ4n) is 3.14. The first-order chi connectivity index (χ1) is 12.0. The molecule has 25 heavy (non-hydrogen) atoms. The predicted octanol–water partition coefficient (Wildman–Crippen LogP) is 3.41. The Morgan fingerprint density at radius 1 is 1.24 bits per heavy atom. The zero-order chi connectivity index (χ0) is 17.9. The van der Waals surface area contributed by atoms with E-state index in [1.54, 1.807) is 24.5 Å². The van der Waals surface area contributed by atoms with Gasteiger partial charge in [-0.2, -0.15) is 23.6 Å². The number of nitrogens with zero attached hydrogens (tertiary/aromatic N) is 1. The van der Waals surface area contributed by atoms with Crippen LogP contribution in [0.1, 0.15) is 18.1 Å². The van der Waals surface area contributed by atoms with Gasteiger partial charge in [-0.05, 0) is 47.4 Å². The third-order valence-electron chi connectivity index (χ3n) is 4.52. The van der Waals surface area contributed by atoms with Crippen molar-refractivity contribution in [3.05, 3.63) is 76.1 Å². The van der Waals surface area contributed by atoms with Crippen LogP contribution in [0.4, 0.5) is 5.69 Å². The predicted molar refractivity (Wildman–Crippen MR) is 106 cm³/mol. The second kappa shape index (κ2) is 7.25. The van der Waals surface area contributed by atoms with Crippen LogP contribution in [0.2, 0.25) is 0 Å². The summed E-state index contributed by atoms with van der Waals surface area (Å²) in [6, 6.07) is 9.99. The Hall–Kier alpha value is -1.73. The Bertz CT molecular complexity index is 899. The molecule has 1 aliphatic rings. The normalized spacial score (nSPS) is 20.5. The highest BCUT2D eigenvalue weighted by Gasteiger charge is 2.42. The van der Waals surface area contributed by atoms with Crippen LogP contribution in [0.25, 0.3) is 0 Å². The number of thiophene rings is 1. The molecule has 0 aliphatic carbocycles. The quantitative estimate of drug-likeness (QED) is 0.787. The van der Waals surface area contributed by atoms with Gasteiger partial charge in [0.1, 0.15) is 12.7 Å². The van der Waals surface area contributed by atoms with E-state index in [1.165, 1.54) is 5.56 Å². The third kappa shape index (κ3) is 3.48. The Balaban J connectivity index is 2.09. The van der Waals surface area contributed by atoms with E-state index in [-0.39, 0.29) is 9.64 Å². The molecule has 0 saturated heterocycles. The van der Waals surface area contributed by atoms with Gasteiger partial charge < -0.3 is 5.73 Å². The summed E-state index contributed by atoms with van der Waals surface area (Å²) in [4.78, 5) is 0. The second-order valence-electron chi connectivity index (χ2n) is 6.14. The van der Waals surface area contributed by atoms with E-state index in [0.717, 1.165) is 23.2 Å². The number of nitrogens with two attached hydrogens (primary N) is 1. The van der Waals surface area contributed by atoms with Gasteiger partial charge in [0.25, 0.3) is 0 Å². The second-order valence-corrected chi connectivity index (χ2v) is 9.31. The molecule has 132 valence electrons. The van der Waals surface area contributed by atoms with Gasteiger partial charge in [-0.15, -0.1) is 0 Å². The summed E-state index contributed by atoms with van der Waals surface area (Å²) >= 11 is 1.67. The highest BCUT2D eigenvalue weighted by molar-refractivity contribution is 7.91. The summed E-state index contributed by atoms with van der Waals surface area (Å²) in [7, 11) is -3.40. The van der Waals surface area contributed by atoms with Gasteiger partial charge in [-0.3, -0.25) is 0 Å². The van der Waals surface area contributed by atoms with Gasteiger partial charge in [-0.1, -0.05) is 18.2 Å². The fraction of sp³-hybridized carbons (Fsp3) is 0.263. The van der Waals surface area contributed by atoms with Crippen molar-refractivity contribution in [1.82, 2.24) is 3.89 Å². The van der Waals surface area contributed by atoms with Crippen LogP contribution in [0.5, 0.6) is 0 Å². The zero-order valence-electron chi connectivity index (χ0n) is 14.3. The molecule has 4 nitrogen and oxygen atoms in total. The lowest BCUT2D eigenvalue weighted by Gasteiger charge is -2.34.